The minimum Gasteiger partial charge on any atom is -0.474 e. The van der Waals surface area contributed by atoms with E-state index in [-0.39, 0.29) is 18.4 Å². The molecule has 0 spiro atoms. The number of ketones is 1. The molecule has 2 N–H and O–H groups in total. The summed E-state index contributed by atoms with van der Waals surface area (Å²) in [6.07, 6.45) is 7.82. The molecule has 0 bridgehead atoms. The molecule has 166 valence electrons. The summed E-state index contributed by atoms with van der Waals surface area (Å²) in [4.78, 5) is 36.9. The Morgan fingerprint density at radius 2 is 1.94 bits per heavy atom. The maximum absolute atomic E-state index is 12.0. The molecule has 2 fully saturated rings. The Balaban J connectivity index is 1.32. The molecule has 3 heterocycles. The minimum absolute atomic E-state index is 0.0193. The third-order valence-electron chi connectivity index (χ3n) is 6.89. The van der Waals surface area contributed by atoms with Crippen molar-refractivity contribution >= 4 is 33.2 Å². The number of nitrogens with two attached hydrogens (primary N) is 1. The molecule has 5 rings (SSSR count). The first kappa shape index (κ1) is 20.8. The number of carbonyl (C=O) groups is 2. The van der Waals surface area contributed by atoms with Crippen LogP contribution in [0.4, 0.5) is 0 Å². The van der Waals surface area contributed by atoms with Crippen molar-refractivity contribution in [3.63, 3.8) is 0 Å². The van der Waals surface area contributed by atoms with Gasteiger partial charge in [0.25, 0.3) is 5.91 Å². The Morgan fingerprint density at radius 3 is 2.68 bits per heavy atom. The summed E-state index contributed by atoms with van der Waals surface area (Å²) < 4.78 is 11.9. The molecule has 1 unspecified atom stereocenters. The number of primary amides is 1. The quantitative estimate of drug-likeness (QED) is 0.681. The number of rotatable bonds is 6. The van der Waals surface area contributed by atoms with Crippen LogP contribution in [0.1, 0.15) is 54.9 Å². The van der Waals surface area contributed by atoms with Gasteiger partial charge in [0.15, 0.2) is 0 Å². The van der Waals surface area contributed by atoms with Gasteiger partial charge >= 0.3 is 0 Å². The summed E-state index contributed by atoms with van der Waals surface area (Å²) in [6.45, 7) is 3.71. The first-order valence-corrected chi connectivity index (χ1v) is 12.0. The highest BCUT2D eigenvalue weighted by Crippen LogP contribution is 2.47. The third kappa shape index (κ3) is 4.18. The van der Waals surface area contributed by atoms with Gasteiger partial charge in [-0.05, 0) is 50.0 Å². The number of carbonyl (C=O) groups excluding carboxylic acids is 2. The number of aromatic nitrogens is 2. The van der Waals surface area contributed by atoms with E-state index < -0.39 is 11.7 Å². The van der Waals surface area contributed by atoms with Gasteiger partial charge in [-0.15, -0.1) is 11.3 Å². The first-order valence-electron chi connectivity index (χ1n) is 11.2. The molecule has 9 heteroatoms. The average Bonchev–Trinajstić information content (AvgIpc) is 3.35. The van der Waals surface area contributed by atoms with Gasteiger partial charge in [0.05, 0.1) is 18.6 Å². The molecule has 31 heavy (non-hydrogen) atoms. The highest BCUT2D eigenvalue weighted by molar-refractivity contribution is 7.19. The van der Waals surface area contributed by atoms with Crippen LogP contribution in [0.15, 0.2) is 6.33 Å². The Hall–Kier alpha value is -2.10. The van der Waals surface area contributed by atoms with Gasteiger partial charge in [-0.2, -0.15) is 0 Å². The van der Waals surface area contributed by atoms with Crippen molar-refractivity contribution in [3.8, 4) is 5.88 Å². The Labute approximate surface area is 185 Å². The SMILES string of the molecule is NC(=O)C(=O)CC1CCc2sc3ncnc(O[C@H]4CC[C@H](N5CCOCC5)CC4)c3c21. The largest absolute Gasteiger partial charge is 0.474 e. The zero-order valence-corrected chi connectivity index (χ0v) is 18.4. The minimum atomic E-state index is -0.863. The number of Topliss-reactive ketones (excluding diaryl/α,β-unsaturated/α-hetero) is 1. The Kier molecular flexibility index (Phi) is 5.90. The number of fused-ring (bicyclic) bond motifs is 3. The van der Waals surface area contributed by atoms with Crippen molar-refractivity contribution in [2.24, 2.45) is 5.73 Å². The second-order valence-electron chi connectivity index (χ2n) is 8.72. The standard InChI is InChI=1S/C22H28N4O4S/c23-20(28)16(27)11-13-1-6-17-18(13)19-21(24-12-25-22(19)31-17)30-15-4-2-14(3-5-15)26-7-9-29-10-8-26/h12-15H,1-11H2,(H2,23,28)/t13?,14-,15-. The van der Waals surface area contributed by atoms with E-state index in [1.54, 1.807) is 17.7 Å². The zero-order valence-electron chi connectivity index (χ0n) is 17.5. The molecule has 1 atom stereocenters. The molecule has 1 saturated heterocycles. The Morgan fingerprint density at radius 1 is 1.16 bits per heavy atom. The van der Waals surface area contributed by atoms with Crippen LogP contribution in [-0.4, -0.2) is 65.0 Å². The first-order chi connectivity index (χ1) is 15.1. The zero-order chi connectivity index (χ0) is 21.4. The topological polar surface area (TPSA) is 108 Å². The van der Waals surface area contributed by atoms with Gasteiger partial charge in [-0.25, -0.2) is 9.97 Å². The summed E-state index contributed by atoms with van der Waals surface area (Å²) in [6, 6.07) is 0.615. The van der Waals surface area contributed by atoms with Crippen molar-refractivity contribution in [1.82, 2.24) is 14.9 Å². The van der Waals surface area contributed by atoms with Crippen molar-refractivity contribution in [1.29, 1.82) is 0 Å². The van der Waals surface area contributed by atoms with Crippen LogP contribution >= 0.6 is 11.3 Å². The fourth-order valence-corrected chi connectivity index (χ4v) is 6.52. The second kappa shape index (κ2) is 8.80. The van der Waals surface area contributed by atoms with Gasteiger partial charge in [0.1, 0.15) is 17.3 Å². The van der Waals surface area contributed by atoms with E-state index >= 15 is 0 Å². The predicted octanol–water partition coefficient (Wildman–Crippen LogP) is 2.19. The maximum atomic E-state index is 12.0. The fraction of sp³-hybridized carbons (Fsp3) is 0.636. The molecule has 3 aliphatic rings. The summed E-state index contributed by atoms with van der Waals surface area (Å²) >= 11 is 1.64. The summed E-state index contributed by atoms with van der Waals surface area (Å²) in [5.74, 6) is -0.777. The van der Waals surface area contributed by atoms with Crippen LogP contribution in [0.2, 0.25) is 0 Å². The normalized spacial score (nSPS) is 26.6. The van der Waals surface area contributed by atoms with E-state index in [2.05, 4.69) is 14.9 Å². The van der Waals surface area contributed by atoms with Gasteiger partial charge < -0.3 is 15.2 Å². The molecule has 0 aromatic carbocycles. The number of hydrogen-bond acceptors (Lipinski definition) is 8. The van der Waals surface area contributed by atoms with E-state index in [0.717, 1.165) is 80.6 Å². The number of morpholine rings is 1. The smallest absolute Gasteiger partial charge is 0.284 e. The van der Waals surface area contributed by atoms with Crippen LogP contribution < -0.4 is 10.5 Å². The third-order valence-corrected chi connectivity index (χ3v) is 8.06. The van der Waals surface area contributed by atoms with Crippen LogP contribution in [0, 0.1) is 0 Å². The molecule has 1 saturated carbocycles. The number of amides is 1. The summed E-state index contributed by atoms with van der Waals surface area (Å²) in [5, 5.41) is 0.928. The lowest BCUT2D eigenvalue weighted by molar-refractivity contribution is -0.136. The van der Waals surface area contributed by atoms with Gasteiger partial charge in [0, 0.05) is 30.4 Å². The van der Waals surface area contributed by atoms with E-state index in [1.807, 2.05) is 0 Å². The molecule has 2 aliphatic carbocycles. The molecule has 2 aromatic heterocycles. The number of aryl methyl sites for hydroxylation is 1. The maximum Gasteiger partial charge on any atom is 0.284 e. The number of thiophene rings is 1. The highest BCUT2D eigenvalue weighted by Gasteiger charge is 2.33. The van der Waals surface area contributed by atoms with Crippen LogP contribution in [0.25, 0.3) is 10.2 Å². The molecule has 1 amide bonds. The molecular formula is C22H28N4O4S. The number of nitrogens with zero attached hydrogens (tertiary/aromatic N) is 3. The van der Waals surface area contributed by atoms with Crippen molar-refractivity contribution in [3.05, 3.63) is 16.8 Å². The Bertz CT molecular complexity index is 979. The fourth-order valence-electron chi connectivity index (χ4n) is 5.29. The van der Waals surface area contributed by atoms with E-state index in [0.29, 0.717) is 11.9 Å². The molecule has 8 nitrogen and oxygen atoms in total. The van der Waals surface area contributed by atoms with Crippen molar-refractivity contribution in [2.45, 2.75) is 63.0 Å². The molecule has 2 aromatic rings. The number of hydrogen-bond donors (Lipinski definition) is 1. The van der Waals surface area contributed by atoms with Crippen LogP contribution in [-0.2, 0) is 20.7 Å². The lowest BCUT2D eigenvalue weighted by Gasteiger charge is -2.38. The van der Waals surface area contributed by atoms with Gasteiger partial charge in [0.2, 0.25) is 11.7 Å². The van der Waals surface area contributed by atoms with Gasteiger partial charge in [-0.3, -0.25) is 14.5 Å². The molecule has 0 radical (unpaired) electrons. The van der Waals surface area contributed by atoms with E-state index in [1.165, 1.54) is 4.88 Å². The summed E-state index contributed by atoms with van der Waals surface area (Å²) in [7, 11) is 0. The average molecular weight is 445 g/mol. The number of ether oxygens (including phenoxy) is 2. The lowest BCUT2D eigenvalue weighted by atomic mass is 9.91. The predicted molar refractivity (Wildman–Crippen MR) is 116 cm³/mol. The molecule has 1 aliphatic heterocycles. The van der Waals surface area contributed by atoms with Crippen LogP contribution in [0.3, 0.4) is 0 Å². The van der Waals surface area contributed by atoms with Crippen molar-refractivity contribution in [2.75, 3.05) is 26.3 Å². The van der Waals surface area contributed by atoms with E-state index in [4.69, 9.17) is 15.2 Å². The lowest BCUT2D eigenvalue weighted by Crippen LogP contribution is -2.46. The molecular weight excluding hydrogens is 416 g/mol. The highest BCUT2D eigenvalue weighted by atomic mass is 32.1. The van der Waals surface area contributed by atoms with Crippen molar-refractivity contribution < 1.29 is 19.1 Å². The summed E-state index contributed by atoms with van der Waals surface area (Å²) in [5.41, 5.74) is 6.29. The van der Waals surface area contributed by atoms with Gasteiger partial charge in [-0.1, -0.05) is 0 Å². The van der Waals surface area contributed by atoms with Crippen LogP contribution in [0.5, 0.6) is 5.88 Å². The van der Waals surface area contributed by atoms with E-state index in [9.17, 15) is 9.59 Å². The monoisotopic (exact) mass is 444 g/mol. The second-order valence-corrected chi connectivity index (χ2v) is 9.81.